The summed E-state index contributed by atoms with van der Waals surface area (Å²) in [5.41, 5.74) is 0.0108. The molecule has 112 valence electrons. The molecule has 2 rings (SSSR count). The average Bonchev–Trinajstić information content (AvgIpc) is 2.40. The zero-order valence-corrected chi connectivity index (χ0v) is 12.1. The van der Waals surface area contributed by atoms with Crippen LogP contribution in [0.25, 0.3) is 0 Å². The van der Waals surface area contributed by atoms with Crippen molar-refractivity contribution in [2.24, 2.45) is 5.41 Å². The summed E-state index contributed by atoms with van der Waals surface area (Å²) >= 11 is 0. The molecule has 2 atom stereocenters. The lowest BCUT2D eigenvalue weighted by molar-refractivity contribution is -0.00891. The maximum Gasteiger partial charge on any atom is 0.0793 e. The summed E-state index contributed by atoms with van der Waals surface area (Å²) in [6, 6.07) is 0. The molecule has 0 aromatic carbocycles. The number of morpholine rings is 1. The van der Waals surface area contributed by atoms with Crippen LogP contribution in [0.1, 0.15) is 19.8 Å². The van der Waals surface area contributed by atoms with Crippen molar-refractivity contribution in [3.05, 3.63) is 0 Å². The number of rotatable bonds is 5. The first-order chi connectivity index (χ1) is 9.11. The van der Waals surface area contributed by atoms with E-state index in [4.69, 9.17) is 4.74 Å². The van der Waals surface area contributed by atoms with Gasteiger partial charge in [-0.3, -0.25) is 4.90 Å². The van der Waals surface area contributed by atoms with E-state index in [0.717, 1.165) is 58.8 Å². The summed E-state index contributed by atoms with van der Waals surface area (Å²) in [4.78, 5) is 4.56. The highest BCUT2D eigenvalue weighted by atomic mass is 16.5. The van der Waals surface area contributed by atoms with Gasteiger partial charge >= 0.3 is 0 Å². The second kappa shape index (κ2) is 6.99. The maximum absolute atomic E-state index is 10.2. The van der Waals surface area contributed by atoms with Crippen molar-refractivity contribution in [1.29, 1.82) is 0 Å². The van der Waals surface area contributed by atoms with Gasteiger partial charge in [0.15, 0.2) is 0 Å². The lowest BCUT2D eigenvalue weighted by atomic mass is 9.83. The van der Waals surface area contributed by atoms with Crippen LogP contribution in [0.15, 0.2) is 0 Å². The number of β-amino-alcohol motifs (C(OH)–C–C–N with tert-alkyl or cyclic N) is 1. The molecule has 5 nitrogen and oxygen atoms in total. The highest BCUT2D eigenvalue weighted by Crippen LogP contribution is 2.28. The molecule has 2 heterocycles. The third kappa shape index (κ3) is 4.68. The molecule has 0 aromatic heterocycles. The van der Waals surface area contributed by atoms with Crippen LogP contribution in [0, 0.1) is 5.41 Å². The van der Waals surface area contributed by atoms with Crippen molar-refractivity contribution in [1.82, 2.24) is 9.80 Å². The maximum atomic E-state index is 10.2. The largest absolute Gasteiger partial charge is 0.396 e. The minimum absolute atomic E-state index is 0.0108. The number of ether oxygens (including phenoxy) is 1. The number of hydrogen-bond acceptors (Lipinski definition) is 5. The van der Waals surface area contributed by atoms with Crippen molar-refractivity contribution in [3.8, 4) is 0 Å². The summed E-state index contributed by atoms with van der Waals surface area (Å²) in [6.45, 7) is 9.15. The van der Waals surface area contributed by atoms with Gasteiger partial charge in [0.25, 0.3) is 0 Å². The zero-order chi connectivity index (χ0) is 13.7. The molecule has 0 amide bonds. The van der Waals surface area contributed by atoms with Gasteiger partial charge in [0.1, 0.15) is 0 Å². The molecule has 2 fully saturated rings. The zero-order valence-electron chi connectivity index (χ0n) is 12.1. The van der Waals surface area contributed by atoms with E-state index in [2.05, 4.69) is 16.7 Å². The van der Waals surface area contributed by atoms with E-state index in [1.165, 1.54) is 0 Å². The van der Waals surface area contributed by atoms with Crippen LogP contribution in [-0.2, 0) is 4.74 Å². The van der Waals surface area contributed by atoms with E-state index in [9.17, 15) is 10.2 Å². The van der Waals surface area contributed by atoms with Gasteiger partial charge in [-0.2, -0.15) is 0 Å². The monoisotopic (exact) mass is 272 g/mol. The number of hydrogen-bond donors (Lipinski definition) is 2. The topological polar surface area (TPSA) is 56.2 Å². The van der Waals surface area contributed by atoms with Crippen LogP contribution >= 0.6 is 0 Å². The Morgan fingerprint density at radius 1 is 1.16 bits per heavy atom. The van der Waals surface area contributed by atoms with Crippen LogP contribution in [-0.4, -0.2) is 85.2 Å². The standard InChI is InChI=1S/C14H28N2O3/c1-14(12-17)3-2-4-16(11-14)10-13(18)9-15-5-7-19-8-6-15/h13,17-18H,2-12H2,1H3. The molecule has 5 heteroatoms. The first kappa shape index (κ1) is 15.2. The van der Waals surface area contributed by atoms with E-state index < -0.39 is 0 Å². The van der Waals surface area contributed by atoms with Gasteiger partial charge in [0.05, 0.1) is 19.3 Å². The van der Waals surface area contributed by atoms with E-state index in [0.29, 0.717) is 6.54 Å². The molecular formula is C14H28N2O3. The van der Waals surface area contributed by atoms with Crippen molar-refractivity contribution in [3.63, 3.8) is 0 Å². The molecule has 19 heavy (non-hydrogen) atoms. The second-order valence-electron chi connectivity index (χ2n) is 6.37. The van der Waals surface area contributed by atoms with E-state index >= 15 is 0 Å². The number of nitrogens with zero attached hydrogens (tertiary/aromatic N) is 2. The molecule has 0 radical (unpaired) electrons. The van der Waals surface area contributed by atoms with Gasteiger partial charge in [-0.25, -0.2) is 0 Å². The Morgan fingerprint density at radius 3 is 2.53 bits per heavy atom. The molecule has 0 aromatic rings. The lowest BCUT2D eigenvalue weighted by Crippen LogP contribution is -2.49. The number of likely N-dealkylation sites (tertiary alicyclic amines) is 1. The average molecular weight is 272 g/mol. The van der Waals surface area contributed by atoms with Crippen molar-refractivity contribution < 1.29 is 14.9 Å². The fraction of sp³-hybridized carbons (Fsp3) is 1.00. The smallest absolute Gasteiger partial charge is 0.0793 e. The lowest BCUT2D eigenvalue weighted by Gasteiger charge is -2.40. The van der Waals surface area contributed by atoms with Crippen LogP contribution < -0.4 is 0 Å². The quantitative estimate of drug-likeness (QED) is 0.724. The molecule has 2 aliphatic heterocycles. The van der Waals surface area contributed by atoms with Crippen molar-refractivity contribution >= 4 is 0 Å². The van der Waals surface area contributed by atoms with E-state index in [1.807, 2.05) is 0 Å². The number of piperidine rings is 1. The Hall–Kier alpha value is -0.200. The fourth-order valence-electron chi connectivity index (χ4n) is 3.15. The van der Waals surface area contributed by atoms with Crippen molar-refractivity contribution in [2.75, 3.05) is 59.1 Å². The van der Waals surface area contributed by atoms with Gasteiger partial charge in [-0.05, 0) is 19.4 Å². The van der Waals surface area contributed by atoms with E-state index in [1.54, 1.807) is 0 Å². The minimum Gasteiger partial charge on any atom is -0.396 e. The Bertz CT molecular complexity index is 271. The Morgan fingerprint density at radius 2 is 1.84 bits per heavy atom. The third-order valence-corrected chi connectivity index (χ3v) is 4.28. The number of aliphatic hydroxyl groups is 2. The summed E-state index contributed by atoms with van der Waals surface area (Å²) in [5, 5.41) is 19.7. The van der Waals surface area contributed by atoms with Crippen molar-refractivity contribution in [2.45, 2.75) is 25.9 Å². The van der Waals surface area contributed by atoms with Crippen LogP contribution in [0.2, 0.25) is 0 Å². The summed E-state index contributed by atoms with van der Waals surface area (Å²) in [6.07, 6.45) is 1.89. The highest BCUT2D eigenvalue weighted by molar-refractivity contribution is 4.84. The third-order valence-electron chi connectivity index (χ3n) is 4.28. The molecule has 0 aliphatic carbocycles. The summed E-state index contributed by atoms with van der Waals surface area (Å²) in [5.74, 6) is 0. The van der Waals surface area contributed by atoms with Gasteiger partial charge in [-0.1, -0.05) is 6.92 Å². The summed E-state index contributed by atoms with van der Waals surface area (Å²) in [7, 11) is 0. The van der Waals surface area contributed by atoms with Gasteiger partial charge in [0, 0.05) is 44.7 Å². The first-order valence-corrected chi connectivity index (χ1v) is 7.43. The Balaban J connectivity index is 1.73. The Labute approximate surface area is 116 Å². The van der Waals surface area contributed by atoms with E-state index in [-0.39, 0.29) is 18.1 Å². The first-order valence-electron chi connectivity index (χ1n) is 7.43. The molecule has 0 spiro atoms. The molecule has 2 saturated heterocycles. The predicted octanol–water partition coefficient (Wildman–Crippen LogP) is -0.226. The molecule has 2 aliphatic rings. The Kier molecular flexibility index (Phi) is 5.59. The van der Waals surface area contributed by atoms with Gasteiger partial charge < -0.3 is 19.8 Å². The molecule has 0 saturated carbocycles. The fourth-order valence-corrected chi connectivity index (χ4v) is 3.15. The minimum atomic E-state index is -0.306. The SMILES string of the molecule is CC1(CO)CCCN(CC(O)CN2CCOCC2)C1. The summed E-state index contributed by atoms with van der Waals surface area (Å²) < 4.78 is 5.31. The molecule has 2 N–H and O–H groups in total. The molecule has 2 unspecified atom stereocenters. The van der Waals surface area contributed by atoms with Crippen LogP contribution in [0.5, 0.6) is 0 Å². The number of aliphatic hydroxyl groups excluding tert-OH is 2. The van der Waals surface area contributed by atoms with Gasteiger partial charge in [-0.15, -0.1) is 0 Å². The predicted molar refractivity (Wildman–Crippen MR) is 74.1 cm³/mol. The van der Waals surface area contributed by atoms with Crippen LogP contribution in [0.4, 0.5) is 0 Å². The van der Waals surface area contributed by atoms with Crippen LogP contribution in [0.3, 0.4) is 0 Å². The normalized spacial score (nSPS) is 32.4. The molecule has 0 bridgehead atoms. The van der Waals surface area contributed by atoms with Gasteiger partial charge in [0.2, 0.25) is 0 Å². The second-order valence-corrected chi connectivity index (χ2v) is 6.37. The molecular weight excluding hydrogens is 244 g/mol. The highest BCUT2D eigenvalue weighted by Gasteiger charge is 2.31.